The maximum Gasteiger partial charge on any atom is 0.251 e. The van der Waals surface area contributed by atoms with Crippen LogP contribution < -0.4 is 5.32 Å². The van der Waals surface area contributed by atoms with E-state index in [0.717, 1.165) is 12.5 Å². The Morgan fingerprint density at radius 2 is 2.17 bits per heavy atom. The van der Waals surface area contributed by atoms with Gasteiger partial charge < -0.3 is 10.4 Å². The molecule has 2 saturated carbocycles. The van der Waals surface area contributed by atoms with E-state index >= 15 is 0 Å². The fraction of sp³-hybridized carbons (Fsp3) is 0.500. The van der Waals surface area contributed by atoms with E-state index in [2.05, 4.69) is 21.2 Å². The highest BCUT2D eigenvalue weighted by Gasteiger charge is 2.53. The van der Waals surface area contributed by atoms with Gasteiger partial charge in [-0.25, -0.2) is 0 Å². The molecular formula is C14H16BrNO2. The second kappa shape index (κ2) is 4.26. The number of aromatic hydroxyl groups is 1. The SMILES string of the molecule is O=C(NCC1(C2CC2)CC1)c1ccc(Br)c(O)c1. The van der Waals surface area contributed by atoms with E-state index in [4.69, 9.17) is 0 Å². The Morgan fingerprint density at radius 1 is 1.44 bits per heavy atom. The third-order valence-electron chi connectivity index (χ3n) is 4.14. The summed E-state index contributed by atoms with van der Waals surface area (Å²) in [5.74, 6) is 0.854. The zero-order valence-electron chi connectivity index (χ0n) is 10.1. The van der Waals surface area contributed by atoms with Crippen molar-refractivity contribution in [3.63, 3.8) is 0 Å². The van der Waals surface area contributed by atoms with Gasteiger partial charge in [0, 0.05) is 12.1 Å². The van der Waals surface area contributed by atoms with Crippen molar-refractivity contribution in [1.29, 1.82) is 0 Å². The van der Waals surface area contributed by atoms with Crippen LogP contribution in [-0.4, -0.2) is 17.6 Å². The molecule has 0 atom stereocenters. The molecule has 0 saturated heterocycles. The van der Waals surface area contributed by atoms with E-state index < -0.39 is 0 Å². The summed E-state index contributed by atoms with van der Waals surface area (Å²) >= 11 is 3.20. The third kappa shape index (κ3) is 2.26. The minimum Gasteiger partial charge on any atom is -0.507 e. The lowest BCUT2D eigenvalue weighted by molar-refractivity contribution is 0.0942. The summed E-state index contributed by atoms with van der Waals surface area (Å²) in [6.45, 7) is 0.785. The van der Waals surface area contributed by atoms with Gasteiger partial charge in [0.25, 0.3) is 5.91 Å². The molecule has 2 aliphatic carbocycles. The predicted octanol–water partition coefficient (Wildman–Crippen LogP) is 3.07. The molecule has 3 rings (SSSR count). The fourth-order valence-corrected chi connectivity index (χ4v) is 2.84. The predicted molar refractivity (Wildman–Crippen MR) is 72.5 cm³/mol. The van der Waals surface area contributed by atoms with Crippen molar-refractivity contribution >= 4 is 21.8 Å². The van der Waals surface area contributed by atoms with Gasteiger partial charge in [-0.2, -0.15) is 0 Å². The molecule has 0 aromatic heterocycles. The highest BCUT2D eigenvalue weighted by atomic mass is 79.9. The van der Waals surface area contributed by atoms with Crippen molar-refractivity contribution in [3.05, 3.63) is 28.2 Å². The molecule has 18 heavy (non-hydrogen) atoms. The van der Waals surface area contributed by atoms with Gasteiger partial charge in [-0.05, 0) is 71.1 Å². The number of halogens is 1. The molecule has 0 bridgehead atoms. The van der Waals surface area contributed by atoms with Gasteiger partial charge >= 0.3 is 0 Å². The minimum absolute atomic E-state index is 0.0928. The molecule has 0 radical (unpaired) electrons. The van der Waals surface area contributed by atoms with Gasteiger partial charge in [0.1, 0.15) is 5.75 Å². The van der Waals surface area contributed by atoms with Gasteiger partial charge in [0.2, 0.25) is 0 Å². The normalized spacial score (nSPS) is 20.5. The molecule has 0 unspecified atom stereocenters. The maximum atomic E-state index is 12.0. The van der Waals surface area contributed by atoms with E-state index in [1.807, 2.05) is 0 Å². The molecule has 2 N–H and O–H groups in total. The van der Waals surface area contributed by atoms with Crippen LogP contribution in [0.2, 0.25) is 0 Å². The van der Waals surface area contributed by atoms with Gasteiger partial charge in [0.05, 0.1) is 4.47 Å². The molecule has 96 valence electrons. The van der Waals surface area contributed by atoms with Crippen LogP contribution >= 0.6 is 15.9 Å². The molecule has 2 aliphatic rings. The summed E-state index contributed by atoms with van der Waals surface area (Å²) in [7, 11) is 0. The van der Waals surface area contributed by atoms with Crippen molar-refractivity contribution in [2.24, 2.45) is 11.3 Å². The van der Waals surface area contributed by atoms with Crippen LogP contribution in [0.4, 0.5) is 0 Å². The lowest BCUT2D eigenvalue weighted by Gasteiger charge is -2.15. The van der Waals surface area contributed by atoms with E-state index in [1.54, 1.807) is 12.1 Å². The van der Waals surface area contributed by atoms with Crippen LogP contribution in [-0.2, 0) is 0 Å². The number of carbonyl (C=O) groups is 1. The number of phenolic OH excluding ortho intramolecular Hbond substituents is 1. The Bertz CT molecular complexity index is 493. The van der Waals surface area contributed by atoms with Gasteiger partial charge in [-0.3, -0.25) is 4.79 Å². The van der Waals surface area contributed by atoms with Crippen molar-refractivity contribution < 1.29 is 9.90 Å². The Kier molecular flexibility index (Phi) is 2.85. The smallest absolute Gasteiger partial charge is 0.251 e. The number of hydrogen-bond donors (Lipinski definition) is 2. The first-order valence-corrected chi connectivity index (χ1v) is 7.17. The zero-order valence-corrected chi connectivity index (χ0v) is 11.7. The van der Waals surface area contributed by atoms with Crippen molar-refractivity contribution in [2.45, 2.75) is 25.7 Å². The fourth-order valence-electron chi connectivity index (χ4n) is 2.60. The van der Waals surface area contributed by atoms with Gasteiger partial charge in [-0.1, -0.05) is 0 Å². The van der Waals surface area contributed by atoms with Gasteiger partial charge in [0.15, 0.2) is 0 Å². The number of rotatable bonds is 4. The number of amides is 1. The lowest BCUT2D eigenvalue weighted by atomic mass is 10.0. The molecule has 0 aliphatic heterocycles. The molecule has 1 amide bonds. The summed E-state index contributed by atoms with van der Waals surface area (Å²) in [5, 5.41) is 12.6. The first-order chi connectivity index (χ1) is 8.61. The summed E-state index contributed by atoms with van der Waals surface area (Å²) in [5.41, 5.74) is 0.926. The number of nitrogens with one attached hydrogen (secondary N) is 1. The highest BCUT2D eigenvalue weighted by Crippen LogP contribution is 2.60. The average molecular weight is 310 g/mol. The van der Waals surface area contributed by atoms with Crippen molar-refractivity contribution in [1.82, 2.24) is 5.32 Å². The van der Waals surface area contributed by atoms with Gasteiger partial charge in [-0.15, -0.1) is 0 Å². The average Bonchev–Trinajstić information content (AvgIpc) is 3.22. The van der Waals surface area contributed by atoms with Crippen molar-refractivity contribution in [2.75, 3.05) is 6.54 Å². The Morgan fingerprint density at radius 3 is 2.72 bits per heavy atom. The number of benzene rings is 1. The Balaban J connectivity index is 1.62. The van der Waals surface area contributed by atoms with Crippen LogP contribution in [0.1, 0.15) is 36.0 Å². The molecule has 2 fully saturated rings. The maximum absolute atomic E-state index is 12.0. The summed E-state index contributed by atoms with van der Waals surface area (Å²) in [4.78, 5) is 12.0. The first-order valence-electron chi connectivity index (χ1n) is 6.37. The monoisotopic (exact) mass is 309 g/mol. The zero-order chi connectivity index (χ0) is 12.8. The standard InChI is InChI=1S/C14H16BrNO2/c15-11-4-1-9(7-12(11)17)13(18)16-8-14(5-6-14)10-2-3-10/h1,4,7,10,17H,2-3,5-6,8H2,(H,16,18). The molecular weight excluding hydrogens is 294 g/mol. The van der Waals surface area contributed by atoms with Crippen LogP contribution in [0.5, 0.6) is 5.75 Å². The van der Waals surface area contributed by atoms with E-state index in [9.17, 15) is 9.90 Å². The number of hydrogen-bond acceptors (Lipinski definition) is 2. The van der Waals surface area contributed by atoms with E-state index in [1.165, 1.54) is 31.7 Å². The van der Waals surface area contributed by atoms with Crippen molar-refractivity contribution in [3.8, 4) is 5.75 Å². The summed E-state index contributed by atoms with van der Waals surface area (Å²) in [6.07, 6.45) is 5.16. The van der Waals surface area contributed by atoms with Crippen LogP contribution in [0.15, 0.2) is 22.7 Å². The number of carbonyl (C=O) groups excluding carboxylic acids is 1. The topological polar surface area (TPSA) is 49.3 Å². The third-order valence-corrected chi connectivity index (χ3v) is 4.82. The Labute approximate surface area is 115 Å². The summed E-state index contributed by atoms with van der Waals surface area (Å²) in [6, 6.07) is 4.91. The molecule has 4 heteroatoms. The van der Waals surface area contributed by atoms with Crippen LogP contribution in [0.3, 0.4) is 0 Å². The van der Waals surface area contributed by atoms with Crippen LogP contribution in [0.25, 0.3) is 0 Å². The molecule has 0 heterocycles. The molecule has 0 spiro atoms. The molecule has 1 aromatic carbocycles. The molecule has 3 nitrogen and oxygen atoms in total. The second-order valence-corrected chi connectivity index (χ2v) is 6.34. The van der Waals surface area contributed by atoms with E-state index in [0.29, 0.717) is 15.5 Å². The first kappa shape index (κ1) is 12.0. The summed E-state index contributed by atoms with van der Waals surface area (Å²) < 4.78 is 0.607. The lowest BCUT2D eigenvalue weighted by Crippen LogP contribution is -2.31. The molecule has 1 aromatic rings. The minimum atomic E-state index is -0.0928. The second-order valence-electron chi connectivity index (χ2n) is 5.49. The highest BCUT2D eigenvalue weighted by molar-refractivity contribution is 9.10. The van der Waals surface area contributed by atoms with Crippen LogP contribution in [0, 0.1) is 11.3 Å². The largest absolute Gasteiger partial charge is 0.507 e. The number of phenols is 1. The Hall–Kier alpha value is -1.03. The quantitative estimate of drug-likeness (QED) is 0.898. The van der Waals surface area contributed by atoms with E-state index in [-0.39, 0.29) is 11.7 Å².